The summed E-state index contributed by atoms with van der Waals surface area (Å²) in [6.45, 7) is 7.87. The minimum absolute atomic E-state index is 0. The Bertz CT molecular complexity index is 643. The summed E-state index contributed by atoms with van der Waals surface area (Å²) in [5.74, 6) is 0.668. The van der Waals surface area contributed by atoms with Gasteiger partial charge in [0.1, 0.15) is 5.82 Å². The number of likely N-dealkylation sites (tertiary alicyclic amines) is 1. The van der Waals surface area contributed by atoms with Crippen LogP contribution in [0.15, 0.2) is 29.3 Å². The molecule has 0 amide bonds. The van der Waals surface area contributed by atoms with Crippen molar-refractivity contribution in [2.24, 2.45) is 4.99 Å². The molecule has 2 fully saturated rings. The van der Waals surface area contributed by atoms with Crippen LogP contribution in [0.4, 0.5) is 4.39 Å². The van der Waals surface area contributed by atoms with Gasteiger partial charge in [0, 0.05) is 51.4 Å². The summed E-state index contributed by atoms with van der Waals surface area (Å²) in [6, 6.07) is 7.48. The summed E-state index contributed by atoms with van der Waals surface area (Å²) in [5.41, 5.74) is 0.925. The Morgan fingerprint density at radius 1 is 1.28 bits per heavy atom. The predicted octanol–water partition coefficient (Wildman–Crippen LogP) is 3.53. The molecule has 164 valence electrons. The summed E-state index contributed by atoms with van der Waals surface area (Å²) in [5, 5.41) is 7.12. The summed E-state index contributed by atoms with van der Waals surface area (Å²) in [4.78, 5) is 6.98. The van der Waals surface area contributed by atoms with Gasteiger partial charge in [0.2, 0.25) is 0 Å². The van der Waals surface area contributed by atoms with E-state index >= 15 is 0 Å². The van der Waals surface area contributed by atoms with Crippen LogP contribution in [0.2, 0.25) is 0 Å². The molecule has 1 aromatic rings. The highest BCUT2D eigenvalue weighted by Gasteiger charge is 2.35. The number of nitrogens with zero attached hydrogens (tertiary/aromatic N) is 2. The highest BCUT2D eigenvalue weighted by atomic mass is 127. The van der Waals surface area contributed by atoms with Gasteiger partial charge in [-0.05, 0) is 56.3 Å². The fourth-order valence-corrected chi connectivity index (χ4v) is 4.41. The van der Waals surface area contributed by atoms with Crippen LogP contribution >= 0.6 is 24.0 Å². The van der Waals surface area contributed by atoms with Crippen LogP contribution in [0.5, 0.6) is 0 Å². The Morgan fingerprint density at radius 3 is 2.62 bits per heavy atom. The van der Waals surface area contributed by atoms with Crippen molar-refractivity contribution in [3.8, 4) is 0 Å². The van der Waals surface area contributed by atoms with Crippen LogP contribution in [0.3, 0.4) is 0 Å². The van der Waals surface area contributed by atoms with Crippen molar-refractivity contribution in [1.82, 2.24) is 15.5 Å². The number of benzene rings is 1. The second-order valence-electron chi connectivity index (χ2n) is 8.09. The average molecular weight is 518 g/mol. The van der Waals surface area contributed by atoms with Crippen molar-refractivity contribution < 1.29 is 9.13 Å². The molecule has 0 bridgehead atoms. The topological polar surface area (TPSA) is 48.9 Å². The second kappa shape index (κ2) is 12.1. The fourth-order valence-electron chi connectivity index (χ4n) is 4.41. The molecule has 2 saturated heterocycles. The van der Waals surface area contributed by atoms with E-state index in [1.54, 1.807) is 12.1 Å². The van der Waals surface area contributed by atoms with Gasteiger partial charge in [-0.15, -0.1) is 24.0 Å². The number of hydrogen-bond donors (Lipinski definition) is 2. The van der Waals surface area contributed by atoms with Crippen LogP contribution in [-0.2, 0) is 10.2 Å². The van der Waals surface area contributed by atoms with E-state index in [4.69, 9.17) is 4.74 Å². The molecule has 3 rings (SSSR count). The maximum absolute atomic E-state index is 13.9. The Morgan fingerprint density at radius 2 is 2.00 bits per heavy atom. The van der Waals surface area contributed by atoms with E-state index in [2.05, 4.69) is 27.4 Å². The minimum atomic E-state index is -0.176. The third kappa shape index (κ3) is 6.79. The van der Waals surface area contributed by atoms with Gasteiger partial charge < -0.3 is 20.3 Å². The number of halogens is 2. The Balaban J connectivity index is 0.00000300. The van der Waals surface area contributed by atoms with E-state index in [0.29, 0.717) is 19.3 Å². The molecule has 2 aliphatic heterocycles. The molecule has 0 aliphatic carbocycles. The lowest BCUT2D eigenvalue weighted by molar-refractivity contribution is 0.0512. The lowest BCUT2D eigenvalue weighted by Gasteiger charge is -2.39. The smallest absolute Gasteiger partial charge is 0.191 e. The number of hydrogen-bond acceptors (Lipinski definition) is 3. The van der Waals surface area contributed by atoms with Crippen LogP contribution in [0.25, 0.3) is 0 Å². The molecule has 0 spiro atoms. The molecule has 0 atom stereocenters. The van der Waals surface area contributed by atoms with Crippen LogP contribution in [-0.4, -0.2) is 63.3 Å². The molecule has 0 saturated carbocycles. The van der Waals surface area contributed by atoms with E-state index in [1.807, 2.05) is 13.1 Å². The molecule has 2 heterocycles. The molecule has 2 aliphatic rings. The monoisotopic (exact) mass is 518 g/mol. The summed E-state index contributed by atoms with van der Waals surface area (Å²) >= 11 is 0. The first-order chi connectivity index (χ1) is 13.6. The Hall–Kier alpha value is -0.930. The van der Waals surface area contributed by atoms with Crippen molar-refractivity contribution in [2.75, 3.05) is 46.4 Å². The van der Waals surface area contributed by atoms with Crippen LogP contribution in [0.1, 0.15) is 44.6 Å². The maximum atomic E-state index is 13.9. The average Bonchev–Trinajstić information content (AvgIpc) is 2.73. The molecule has 1 aromatic carbocycles. The lowest BCUT2D eigenvalue weighted by atomic mass is 9.74. The normalized spacial score (nSPS) is 20.7. The highest BCUT2D eigenvalue weighted by molar-refractivity contribution is 14.0. The highest BCUT2D eigenvalue weighted by Crippen LogP contribution is 2.34. The van der Waals surface area contributed by atoms with Gasteiger partial charge in [-0.1, -0.05) is 19.1 Å². The zero-order valence-corrected chi connectivity index (χ0v) is 20.1. The maximum Gasteiger partial charge on any atom is 0.191 e. The quantitative estimate of drug-likeness (QED) is 0.344. The molecule has 5 nitrogen and oxygen atoms in total. The third-order valence-corrected chi connectivity index (χ3v) is 6.17. The van der Waals surface area contributed by atoms with Gasteiger partial charge in [0.15, 0.2) is 5.96 Å². The summed E-state index contributed by atoms with van der Waals surface area (Å²) < 4.78 is 19.4. The number of nitrogens with one attached hydrogen (secondary N) is 2. The van der Waals surface area contributed by atoms with E-state index < -0.39 is 0 Å². The largest absolute Gasteiger partial charge is 0.381 e. The van der Waals surface area contributed by atoms with Gasteiger partial charge in [0.25, 0.3) is 0 Å². The molecular weight excluding hydrogens is 482 g/mol. The minimum Gasteiger partial charge on any atom is -0.381 e. The molecule has 0 radical (unpaired) electrons. The van der Waals surface area contributed by atoms with Crippen LogP contribution in [0, 0.1) is 5.82 Å². The van der Waals surface area contributed by atoms with E-state index in [-0.39, 0.29) is 35.2 Å². The third-order valence-electron chi connectivity index (χ3n) is 6.17. The van der Waals surface area contributed by atoms with Crippen molar-refractivity contribution in [2.45, 2.75) is 50.5 Å². The molecule has 2 N–H and O–H groups in total. The van der Waals surface area contributed by atoms with E-state index in [9.17, 15) is 4.39 Å². The van der Waals surface area contributed by atoms with Gasteiger partial charge in [0.05, 0.1) is 0 Å². The van der Waals surface area contributed by atoms with Gasteiger partial charge in [-0.3, -0.25) is 4.99 Å². The van der Waals surface area contributed by atoms with Gasteiger partial charge in [-0.2, -0.15) is 0 Å². The first kappa shape index (κ1) is 24.3. The van der Waals surface area contributed by atoms with E-state index in [1.165, 1.54) is 19.0 Å². The number of rotatable bonds is 6. The van der Waals surface area contributed by atoms with Crippen LogP contribution < -0.4 is 10.6 Å². The second-order valence-corrected chi connectivity index (χ2v) is 8.09. The lowest BCUT2D eigenvalue weighted by Crippen LogP contribution is -2.52. The first-order valence-corrected chi connectivity index (χ1v) is 10.7. The summed E-state index contributed by atoms with van der Waals surface area (Å²) in [6.07, 6.45) is 5.27. The van der Waals surface area contributed by atoms with Crippen molar-refractivity contribution in [3.63, 3.8) is 0 Å². The summed E-state index contributed by atoms with van der Waals surface area (Å²) in [7, 11) is 1.82. The van der Waals surface area contributed by atoms with Gasteiger partial charge in [-0.25, -0.2) is 4.39 Å². The molecular formula is C22H36FIN4O. The van der Waals surface area contributed by atoms with Crippen molar-refractivity contribution >= 4 is 29.9 Å². The molecule has 7 heteroatoms. The fraction of sp³-hybridized carbons (Fsp3) is 0.682. The predicted molar refractivity (Wildman–Crippen MR) is 128 cm³/mol. The molecule has 0 unspecified atom stereocenters. The van der Waals surface area contributed by atoms with Crippen molar-refractivity contribution in [1.29, 1.82) is 0 Å². The SMILES string of the molecule is CCCN1CCC(NC(=NC)NCC2(c3cccc(F)c3)CCOCC2)CC1.I. The number of aliphatic imine (C=N–C) groups is 1. The Kier molecular flexibility index (Phi) is 10.1. The van der Waals surface area contributed by atoms with Crippen molar-refractivity contribution in [3.05, 3.63) is 35.6 Å². The van der Waals surface area contributed by atoms with Gasteiger partial charge >= 0.3 is 0 Å². The standard InChI is InChI=1S/C22H35FN4O.HI/c1-3-11-27-12-7-20(8-13-27)26-21(24-2)25-17-22(9-14-28-15-10-22)18-5-4-6-19(23)16-18;/h4-6,16,20H,3,7-15,17H2,1-2H3,(H2,24,25,26);1H. The number of piperidine rings is 1. The molecule has 0 aromatic heterocycles. The number of ether oxygens (including phenoxy) is 1. The Labute approximate surface area is 191 Å². The zero-order chi connectivity index (χ0) is 19.8. The molecule has 29 heavy (non-hydrogen) atoms. The first-order valence-electron chi connectivity index (χ1n) is 10.7. The van der Waals surface area contributed by atoms with E-state index in [0.717, 1.165) is 56.8 Å². The zero-order valence-electron chi connectivity index (χ0n) is 17.8. The number of guanidine groups is 1.